The summed E-state index contributed by atoms with van der Waals surface area (Å²) in [4.78, 5) is 0. The Balaban J connectivity index is -0.0000000254. The molecule has 260 valence electrons. The van der Waals surface area contributed by atoms with E-state index >= 15 is 0 Å². The Hall–Kier alpha value is 8.47. The van der Waals surface area contributed by atoms with E-state index in [2.05, 4.69) is 85.6 Å². The zero-order valence-corrected chi connectivity index (χ0v) is 61.7. The monoisotopic (exact) mass is 1340 g/mol. The van der Waals surface area contributed by atoms with Gasteiger partial charge in [0.25, 0.3) is 0 Å². The van der Waals surface area contributed by atoms with Gasteiger partial charge in [0.15, 0.2) is 0 Å². The molecule has 0 saturated carbocycles. The predicted octanol–water partition coefficient (Wildman–Crippen LogP) is 14.5. The van der Waals surface area contributed by atoms with Crippen molar-refractivity contribution >= 4 is 37.0 Å². The average molecular weight is 1340 g/mol. The first kappa shape index (κ1) is 96.3. The number of rotatable bonds is 2. The molecule has 4 unspecified atom stereocenters. The third-order valence-corrected chi connectivity index (χ3v) is 6.64. The molecular weight excluding hydrogens is 1270 g/mol. The Labute approximate surface area is 515 Å². The van der Waals surface area contributed by atoms with E-state index in [9.17, 15) is 0 Å². The fourth-order valence-electron chi connectivity index (χ4n) is 3.13. The normalized spacial score (nSPS) is 11.9. The minimum Gasteiger partial charge on any atom is -0.109 e. The second-order valence-electron chi connectivity index (χ2n) is 6.18. The first-order chi connectivity index (χ1) is 19.6. The molecule has 0 aromatic carbocycles. The summed E-state index contributed by atoms with van der Waals surface area (Å²) in [6, 6.07) is 0. The Morgan fingerprint density at radius 3 is 0.438 bits per heavy atom. The SMILES string of the molecule is CC.CC.CC.CC.CC.CC.CC.CC.PC1=C(C2=C(P)CC=C2)C=CC1.PC1=C(C2=C(P)CC=C2)C=CC1.[Y].[Y].[Y].[Y].[Y].[Y].[Y].[Y]. The van der Waals surface area contributed by atoms with Crippen LogP contribution in [0.5, 0.6) is 0 Å². The fourth-order valence-corrected chi connectivity index (χ4v) is 4.69. The molecule has 4 aliphatic rings. The van der Waals surface area contributed by atoms with Gasteiger partial charge in [0.05, 0.1) is 0 Å². The summed E-state index contributed by atoms with van der Waals surface area (Å²) in [5, 5.41) is 5.65. The Morgan fingerprint density at radius 2 is 0.375 bits per heavy atom. The average Bonchev–Trinajstić information content (AvgIpc) is 3.87. The molecule has 0 aromatic heterocycles. The fraction of sp³-hybridized carbons (Fsp3) is 0.556. The van der Waals surface area contributed by atoms with Gasteiger partial charge in [0.2, 0.25) is 0 Å². The summed E-state index contributed by atoms with van der Waals surface area (Å²) < 4.78 is 0. The molecule has 48 heavy (non-hydrogen) atoms. The number of hydrogen-bond donors (Lipinski definition) is 0. The van der Waals surface area contributed by atoms with E-state index in [1.165, 1.54) is 43.5 Å². The van der Waals surface area contributed by atoms with Gasteiger partial charge < -0.3 is 0 Å². The van der Waals surface area contributed by atoms with Gasteiger partial charge in [-0.25, -0.2) is 0 Å². The van der Waals surface area contributed by atoms with Crippen LogP contribution in [0.4, 0.5) is 0 Å². The molecule has 8 radical (unpaired) electrons. The van der Waals surface area contributed by atoms with E-state index in [-0.39, 0.29) is 262 Å². The zero-order chi connectivity index (χ0) is 33.1. The number of hydrogen-bond acceptors (Lipinski definition) is 0. The van der Waals surface area contributed by atoms with Crippen molar-refractivity contribution in [2.24, 2.45) is 0 Å². The van der Waals surface area contributed by atoms with Crippen molar-refractivity contribution in [3.8, 4) is 0 Å². The summed E-state index contributed by atoms with van der Waals surface area (Å²) in [5.74, 6) is 0. The molecule has 0 aliphatic heterocycles. The van der Waals surface area contributed by atoms with Crippen LogP contribution in [0.3, 0.4) is 0 Å². The second kappa shape index (κ2) is 83.2. The van der Waals surface area contributed by atoms with Crippen LogP contribution in [0.2, 0.25) is 0 Å². The van der Waals surface area contributed by atoms with E-state index in [1.54, 1.807) is 0 Å². The molecule has 0 spiro atoms. The summed E-state index contributed by atoms with van der Waals surface area (Å²) in [6.07, 6.45) is 22.1. The molecule has 4 atom stereocenters. The maximum absolute atomic E-state index is 2.82. The smallest absolute Gasteiger partial charge is 0 e. The zero-order valence-electron chi connectivity index (χ0n) is 34.4. The molecule has 0 amide bonds. The largest absolute Gasteiger partial charge is 0.109 e. The minimum absolute atomic E-state index is 0. The van der Waals surface area contributed by atoms with Crippen LogP contribution < -0.4 is 0 Å². The van der Waals surface area contributed by atoms with Crippen molar-refractivity contribution in [3.63, 3.8) is 0 Å². The van der Waals surface area contributed by atoms with Crippen molar-refractivity contribution in [1.82, 2.24) is 0 Å². The van der Waals surface area contributed by atoms with Crippen LogP contribution in [0.25, 0.3) is 0 Å². The molecular formula is C36H72P4Y8. The standard InChI is InChI=1S/2C10H12P2.8C2H6.8Y/c2*11-9-5-1-3-7(9)8-4-2-6-10(8)12;8*1-2;;;;;;;;/h2*1-4H,5-6,11-12H2;8*1-2H3;;;;;;;;. The van der Waals surface area contributed by atoms with Crippen molar-refractivity contribution < 1.29 is 262 Å². The van der Waals surface area contributed by atoms with Gasteiger partial charge in [-0.1, -0.05) is 159 Å². The van der Waals surface area contributed by atoms with Gasteiger partial charge in [0.1, 0.15) is 0 Å². The van der Waals surface area contributed by atoms with Gasteiger partial charge in [-0.15, -0.1) is 37.0 Å². The van der Waals surface area contributed by atoms with Crippen LogP contribution >= 0.6 is 37.0 Å². The van der Waals surface area contributed by atoms with E-state index in [1.807, 2.05) is 111 Å². The van der Waals surface area contributed by atoms with E-state index in [0.717, 1.165) is 25.7 Å². The quantitative estimate of drug-likeness (QED) is 0.242. The Kier molecular flexibility index (Phi) is 167. The first-order valence-corrected chi connectivity index (χ1v) is 18.5. The van der Waals surface area contributed by atoms with Crippen LogP contribution in [0, 0.1) is 0 Å². The Bertz CT molecular complexity index is 694. The molecule has 0 N–H and O–H groups in total. The molecule has 12 heteroatoms. The minimum atomic E-state index is 0. The van der Waals surface area contributed by atoms with Crippen molar-refractivity contribution in [3.05, 3.63) is 92.2 Å². The number of allylic oxidation sites excluding steroid dienone is 16. The van der Waals surface area contributed by atoms with Crippen LogP contribution in [0.1, 0.15) is 136 Å². The van der Waals surface area contributed by atoms with E-state index < -0.39 is 0 Å². The van der Waals surface area contributed by atoms with Crippen LogP contribution in [0.15, 0.2) is 92.2 Å². The van der Waals surface area contributed by atoms with Crippen LogP contribution in [-0.2, 0) is 262 Å². The molecule has 0 aromatic rings. The molecule has 0 bridgehead atoms. The van der Waals surface area contributed by atoms with Gasteiger partial charge in [-0.3, -0.25) is 0 Å². The van der Waals surface area contributed by atoms with E-state index in [0.29, 0.717) is 0 Å². The van der Waals surface area contributed by atoms with Crippen molar-refractivity contribution in [1.29, 1.82) is 0 Å². The third-order valence-electron chi connectivity index (χ3n) is 4.45. The summed E-state index contributed by atoms with van der Waals surface area (Å²) in [6.45, 7) is 32.0. The van der Waals surface area contributed by atoms with Gasteiger partial charge in [-0.05, 0) is 69.2 Å². The topological polar surface area (TPSA) is 0 Å². The predicted molar refractivity (Wildman–Crippen MR) is 213 cm³/mol. The van der Waals surface area contributed by atoms with Crippen molar-refractivity contribution in [2.45, 2.75) is 136 Å². The molecule has 4 aliphatic carbocycles. The van der Waals surface area contributed by atoms with Gasteiger partial charge in [-0.2, -0.15) is 0 Å². The maximum Gasteiger partial charge on any atom is 0 e. The summed E-state index contributed by atoms with van der Waals surface area (Å²) in [7, 11) is 11.3. The molecule has 0 fully saturated rings. The first-order valence-electron chi connectivity index (χ1n) is 16.2. The molecule has 0 nitrogen and oxygen atoms in total. The van der Waals surface area contributed by atoms with E-state index in [4.69, 9.17) is 0 Å². The Morgan fingerprint density at radius 1 is 0.271 bits per heavy atom. The molecule has 0 saturated heterocycles. The molecule has 0 heterocycles. The van der Waals surface area contributed by atoms with Gasteiger partial charge in [0, 0.05) is 262 Å². The van der Waals surface area contributed by atoms with Gasteiger partial charge >= 0.3 is 0 Å². The van der Waals surface area contributed by atoms with Crippen molar-refractivity contribution in [2.75, 3.05) is 0 Å². The summed E-state index contributed by atoms with van der Waals surface area (Å²) >= 11 is 0. The molecule has 4 rings (SSSR count). The summed E-state index contributed by atoms with van der Waals surface area (Å²) in [5.41, 5.74) is 5.61. The maximum atomic E-state index is 2.82. The third kappa shape index (κ3) is 48.8. The van der Waals surface area contributed by atoms with Crippen LogP contribution in [-0.4, -0.2) is 0 Å². The second-order valence-corrected chi connectivity index (χ2v) is 8.97.